The molecule has 7 heteroatoms. The van der Waals surface area contributed by atoms with Crippen LogP contribution in [0.4, 0.5) is 0 Å². The minimum atomic E-state index is -0.431. The average Bonchev–Trinajstić information content (AvgIpc) is 2.35. The molecule has 1 aromatic heterocycles. The van der Waals surface area contributed by atoms with Crippen molar-refractivity contribution >= 4 is 16.9 Å². The molecule has 0 fully saturated rings. The van der Waals surface area contributed by atoms with Crippen LogP contribution in [-0.4, -0.2) is 22.5 Å². The number of benzene rings is 1. The van der Waals surface area contributed by atoms with Crippen molar-refractivity contribution in [2.75, 3.05) is 6.61 Å². The molecule has 17 heavy (non-hydrogen) atoms. The largest absolute Gasteiger partial charge is 0.484 e. The predicted octanol–water partition coefficient (Wildman–Crippen LogP) is -0.708. The monoisotopic (exact) mass is 234 g/mol. The third-order valence-corrected chi connectivity index (χ3v) is 2.08. The summed E-state index contributed by atoms with van der Waals surface area (Å²) in [6, 6.07) is 4.90. The van der Waals surface area contributed by atoms with Crippen molar-refractivity contribution in [3.8, 4) is 5.75 Å². The van der Waals surface area contributed by atoms with Gasteiger partial charge in [-0.25, -0.2) is 10.8 Å². The standard InChI is InChI=1S/C10H10N4O3/c11-14-10(16)5-17-6-1-2-7-8(3-6)12-4-9(15)13-7/h1-4H,5,11H2,(H,13,15)(H,14,16). The van der Waals surface area contributed by atoms with Gasteiger partial charge in [-0.1, -0.05) is 0 Å². The van der Waals surface area contributed by atoms with Crippen molar-refractivity contribution in [3.63, 3.8) is 0 Å². The van der Waals surface area contributed by atoms with Crippen LogP contribution in [0, 0.1) is 0 Å². The molecule has 0 radical (unpaired) electrons. The number of amides is 1. The zero-order valence-electron chi connectivity index (χ0n) is 8.77. The van der Waals surface area contributed by atoms with Gasteiger partial charge in [0.25, 0.3) is 11.5 Å². The molecule has 2 aromatic rings. The SMILES string of the molecule is NNC(=O)COc1ccc2[nH]c(=O)cnc2c1. The number of nitrogens with zero attached hydrogens (tertiary/aromatic N) is 1. The summed E-state index contributed by atoms with van der Waals surface area (Å²) in [4.78, 5) is 28.4. The molecular formula is C10H10N4O3. The highest BCUT2D eigenvalue weighted by molar-refractivity contribution is 5.78. The Labute approximate surface area is 95.6 Å². The molecule has 0 aliphatic heterocycles. The van der Waals surface area contributed by atoms with Gasteiger partial charge in [0.2, 0.25) is 0 Å². The quantitative estimate of drug-likeness (QED) is 0.369. The van der Waals surface area contributed by atoms with E-state index in [9.17, 15) is 9.59 Å². The van der Waals surface area contributed by atoms with E-state index in [1.807, 2.05) is 5.43 Å². The van der Waals surface area contributed by atoms with E-state index in [-0.39, 0.29) is 12.2 Å². The van der Waals surface area contributed by atoms with Gasteiger partial charge in [-0.15, -0.1) is 0 Å². The normalized spacial score (nSPS) is 10.2. The highest BCUT2D eigenvalue weighted by atomic mass is 16.5. The number of hydrogen-bond acceptors (Lipinski definition) is 5. The van der Waals surface area contributed by atoms with Crippen LogP contribution >= 0.6 is 0 Å². The molecule has 0 saturated carbocycles. The highest BCUT2D eigenvalue weighted by Gasteiger charge is 2.02. The molecule has 0 atom stereocenters. The number of ether oxygens (including phenoxy) is 1. The fourth-order valence-corrected chi connectivity index (χ4v) is 1.30. The zero-order chi connectivity index (χ0) is 12.3. The van der Waals surface area contributed by atoms with Gasteiger partial charge < -0.3 is 9.72 Å². The third kappa shape index (κ3) is 2.58. The molecular weight excluding hydrogens is 224 g/mol. The number of carbonyl (C=O) groups is 1. The molecule has 1 heterocycles. The van der Waals surface area contributed by atoms with Crippen molar-refractivity contribution < 1.29 is 9.53 Å². The molecule has 0 saturated heterocycles. The minimum absolute atomic E-state index is 0.175. The maximum absolute atomic E-state index is 11.0. The Morgan fingerprint density at radius 3 is 3.12 bits per heavy atom. The maximum Gasteiger partial charge on any atom is 0.271 e. The number of aromatic nitrogens is 2. The molecule has 1 amide bonds. The summed E-state index contributed by atoms with van der Waals surface area (Å²) in [6.45, 7) is -0.175. The van der Waals surface area contributed by atoms with Gasteiger partial charge >= 0.3 is 0 Å². The van der Waals surface area contributed by atoms with Gasteiger partial charge in [-0.2, -0.15) is 0 Å². The first kappa shape index (κ1) is 11.1. The van der Waals surface area contributed by atoms with Gasteiger partial charge in [0.15, 0.2) is 6.61 Å². The van der Waals surface area contributed by atoms with E-state index in [1.165, 1.54) is 6.20 Å². The highest BCUT2D eigenvalue weighted by Crippen LogP contribution is 2.16. The van der Waals surface area contributed by atoms with Gasteiger partial charge in [-0.3, -0.25) is 15.0 Å². The average molecular weight is 234 g/mol. The lowest BCUT2D eigenvalue weighted by Gasteiger charge is -2.05. The maximum atomic E-state index is 11.0. The lowest BCUT2D eigenvalue weighted by Crippen LogP contribution is -2.34. The van der Waals surface area contributed by atoms with E-state index in [2.05, 4.69) is 9.97 Å². The summed E-state index contributed by atoms with van der Waals surface area (Å²) < 4.78 is 5.17. The van der Waals surface area contributed by atoms with E-state index in [1.54, 1.807) is 18.2 Å². The van der Waals surface area contributed by atoms with Crippen LogP contribution in [0.15, 0.2) is 29.2 Å². The number of nitrogens with one attached hydrogen (secondary N) is 2. The Hall–Kier alpha value is -2.41. The summed E-state index contributed by atoms with van der Waals surface area (Å²) in [5, 5.41) is 0. The van der Waals surface area contributed by atoms with Crippen LogP contribution in [-0.2, 0) is 4.79 Å². The molecule has 0 aliphatic rings. The Kier molecular flexibility index (Phi) is 3.01. The summed E-state index contributed by atoms with van der Waals surface area (Å²) in [5.41, 5.74) is 2.87. The second-order valence-corrected chi connectivity index (χ2v) is 3.28. The number of H-pyrrole nitrogens is 1. The van der Waals surface area contributed by atoms with Crippen molar-refractivity contribution in [3.05, 3.63) is 34.7 Å². The molecule has 4 N–H and O–H groups in total. The molecule has 0 bridgehead atoms. The third-order valence-electron chi connectivity index (χ3n) is 2.08. The summed E-state index contributed by atoms with van der Waals surface area (Å²) >= 11 is 0. The van der Waals surface area contributed by atoms with E-state index in [4.69, 9.17) is 10.6 Å². The lowest BCUT2D eigenvalue weighted by atomic mass is 10.3. The summed E-state index contributed by atoms with van der Waals surface area (Å²) in [6.07, 6.45) is 1.18. The van der Waals surface area contributed by atoms with Crippen molar-refractivity contribution in [2.24, 2.45) is 5.84 Å². The summed E-state index contributed by atoms with van der Waals surface area (Å²) in [5.74, 6) is 4.95. The molecule has 0 unspecified atom stereocenters. The number of rotatable bonds is 3. The molecule has 2 rings (SSSR count). The van der Waals surface area contributed by atoms with Gasteiger partial charge in [-0.05, 0) is 12.1 Å². The van der Waals surface area contributed by atoms with Crippen LogP contribution in [0.3, 0.4) is 0 Å². The lowest BCUT2D eigenvalue weighted by molar-refractivity contribution is -0.123. The topological polar surface area (TPSA) is 110 Å². The fraction of sp³-hybridized carbons (Fsp3) is 0.100. The van der Waals surface area contributed by atoms with Crippen LogP contribution in [0.25, 0.3) is 11.0 Å². The van der Waals surface area contributed by atoms with Crippen molar-refractivity contribution in [1.82, 2.24) is 15.4 Å². The molecule has 0 aliphatic carbocycles. The predicted molar refractivity (Wildman–Crippen MR) is 60.2 cm³/mol. The molecule has 1 aromatic carbocycles. The first-order valence-electron chi connectivity index (χ1n) is 4.80. The van der Waals surface area contributed by atoms with Gasteiger partial charge in [0.1, 0.15) is 5.75 Å². The van der Waals surface area contributed by atoms with E-state index in [0.717, 1.165) is 0 Å². The number of hydrogen-bond donors (Lipinski definition) is 3. The Bertz CT molecular complexity index is 608. The smallest absolute Gasteiger partial charge is 0.271 e. The Morgan fingerprint density at radius 1 is 1.53 bits per heavy atom. The Morgan fingerprint density at radius 2 is 2.35 bits per heavy atom. The van der Waals surface area contributed by atoms with E-state index < -0.39 is 5.91 Å². The fourth-order valence-electron chi connectivity index (χ4n) is 1.30. The molecule has 0 spiro atoms. The van der Waals surface area contributed by atoms with Gasteiger partial charge in [0, 0.05) is 6.07 Å². The number of hydrazine groups is 1. The number of aromatic amines is 1. The zero-order valence-corrected chi connectivity index (χ0v) is 8.77. The van der Waals surface area contributed by atoms with Crippen molar-refractivity contribution in [2.45, 2.75) is 0 Å². The number of carbonyl (C=O) groups excluding carboxylic acids is 1. The first-order valence-corrected chi connectivity index (χ1v) is 4.80. The van der Waals surface area contributed by atoms with Crippen molar-refractivity contribution in [1.29, 1.82) is 0 Å². The molecule has 7 nitrogen and oxygen atoms in total. The van der Waals surface area contributed by atoms with Crippen LogP contribution in [0.1, 0.15) is 0 Å². The second kappa shape index (κ2) is 4.62. The van der Waals surface area contributed by atoms with Crippen LogP contribution in [0.5, 0.6) is 5.75 Å². The molecule has 88 valence electrons. The summed E-state index contributed by atoms with van der Waals surface area (Å²) in [7, 11) is 0. The second-order valence-electron chi connectivity index (χ2n) is 3.28. The van der Waals surface area contributed by atoms with E-state index >= 15 is 0 Å². The number of fused-ring (bicyclic) bond motifs is 1. The minimum Gasteiger partial charge on any atom is -0.484 e. The van der Waals surface area contributed by atoms with Crippen LogP contribution in [0.2, 0.25) is 0 Å². The Balaban J connectivity index is 2.23. The van der Waals surface area contributed by atoms with Crippen LogP contribution < -0.4 is 21.6 Å². The van der Waals surface area contributed by atoms with Gasteiger partial charge in [0.05, 0.1) is 17.2 Å². The van der Waals surface area contributed by atoms with E-state index in [0.29, 0.717) is 16.8 Å². The first-order chi connectivity index (χ1) is 8.19. The number of nitrogens with two attached hydrogens (primary N) is 1.